The molecule has 126 valence electrons. The molecule has 2 heterocycles. The Bertz CT molecular complexity index is 620. The first-order chi connectivity index (χ1) is 10.9. The number of nitrogen functional groups attached to an aromatic ring is 1. The lowest BCUT2D eigenvalue weighted by Crippen LogP contribution is -2.48. The highest BCUT2D eigenvalue weighted by Gasteiger charge is 2.42. The summed E-state index contributed by atoms with van der Waals surface area (Å²) in [5, 5.41) is 0.156. The highest BCUT2D eigenvalue weighted by Crippen LogP contribution is 2.35. The van der Waals surface area contributed by atoms with Gasteiger partial charge in [-0.3, -0.25) is 4.79 Å². The van der Waals surface area contributed by atoms with Gasteiger partial charge in [-0.2, -0.15) is 0 Å². The van der Waals surface area contributed by atoms with E-state index in [4.69, 9.17) is 26.8 Å². The van der Waals surface area contributed by atoms with Crippen LogP contribution in [-0.2, 0) is 9.47 Å². The third-order valence-corrected chi connectivity index (χ3v) is 4.85. The number of nitrogens with zero attached hydrogens (tertiary/aromatic N) is 1. The van der Waals surface area contributed by atoms with Crippen LogP contribution in [0.3, 0.4) is 0 Å². The first kappa shape index (κ1) is 16.5. The first-order valence-electron chi connectivity index (χ1n) is 7.72. The second-order valence-corrected chi connectivity index (χ2v) is 6.59. The molecule has 5 nitrogen and oxygen atoms in total. The van der Waals surface area contributed by atoms with Crippen LogP contribution in [0.5, 0.6) is 0 Å². The van der Waals surface area contributed by atoms with Gasteiger partial charge in [-0.1, -0.05) is 11.6 Å². The van der Waals surface area contributed by atoms with E-state index in [-0.39, 0.29) is 28.1 Å². The molecule has 0 aliphatic carbocycles. The fourth-order valence-electron chi connectivity index (χ4n) is 3.29. The second kappa shape index (κ2) is 6.26. The summed E-state index contributed by atoms with van der Waals surface area (Å²) in [4.78, 5) is 14.4. The van der Waals surface area contributed by atoms with Crippen molar-refractivity contribution in [3.8, 4) is 0 Å². The van der Waals surface area contributed by atoms with E-state index in [9.17, 15) is 9.18 Å². The average molecular weight is 343 g/mol. The third-order valence-electron chi connectivity index (χ3n) is 4.64. The standard InChI is InChI=1S/C16H20ClFN2O3/c1-16(22-5-6-23-16)10-3-2-4-20(9-10)15(21)12-7-11(17)8-13(18)14(12)19/h7-8,10H,2-6,9,19H2,1H3. The van der Waals surface area contributed by atoms with E-state index < -0.39 is 11.6 Å². The zero-order chi connectivity index (χ0) is 16.6. The van der Waals surface area contributed by atoms with Crippen molar-refractivity contribution in [1.82, 2.24) is 4.90 Å². The van der Waals surface area contributed by atoms with Crippen molar-refractivity contribution in [2.75, 3.05) is 32.0 Å². The normalized spacial score (nSPS) is 24.0. The fourth-order valence-corrected chi connectivity index (χ4v) is 3.49. The Kier molecular flexibility index (Phi) is 4.49. The van der Waals surface area contributed by atoms with E-state index >= 15 is 0 Å². The lowest BCUT2D eigenvalue weighted by Gasteiger charge is -2.40. The second-order valence-electron chi connectivity index (χ2n) is 6.15. The molecule has 1 aromatic carbocycles. The van der Waals surface area contributed by atoms with Crippen LogP contribution < -0.4 is 5.73 Å². The smallest absolute Gasteiger partial charge is 0.256 e. The van der Waals surface area contributed by atoms with Crippen LogP contribution in [-0.4, -0.2) is 42.9 Å². The van der Waals surface area contributed by atoms with Crippen molar-refractivity contribution in [2.24, 2.45) is 5.92 Å². The number of halogens is 2. The number of hydrogen-bond acceptors (Lipinski definition) is 4. The Morgan fingerprint density at radius 2 is 2.13 bits per heavy atom. The maximum atomic E-state index is 13.7. The number of carbonyl (C=O) groups excluding carboxylic acids is 1. The molecule has 0 spiro atoms. The minimum atomic E-state index is -0.677. The molecule has 2 fully saturated rings. The van der Waals surface area contributed by atoms with Gasteiger partial charge in [0, 0.05) is 24.0 Å². The molecule has 7 heteroatoms. The molecule has 0 radical (unpaired) electrons. The molecule has 0 aromatic heterocycles. The summed E-state index contributed by atoms with van der Waals surface area (Å²) in [7, 11) is 0. The van der Waals surface area contributed by atoms with Gasteiger partial charge in [0.05, 0.1) is 24.5 Å². The number of amides is 1. The molecular weight excluding hydrogens is 323 g/mol. The predicted octanol–water partition coefficient (Wildman–Crippen LogP) is 2.68. The number of carbonyl (C=O) groups is 1. The van der Waals surface area contributed by atoms with Gasteiger partial charge in [-0.25, -0.2) is 4.39 Å². The van der Waals surface area contributed by atoms with E-state index in [1.165, 1.54) is 6.07 Å². The van der Waals surface area contributed by atoms with Crippen LogP contribution in [0.25, 0.3) is 0 Å². The summed E-state index contributed by atoms with van der Waals surface area (Å²) in [6.45, 7) is 4.12. The van der Waals surface area contributed by atoms with E-state index in [2.05, 4.69) is 0 Å². The molecule has 2 N–H and O–H groups in total. The summed E-state index contributed by atoms with van der Waals surface area (Å²) < 4.78 is 25.2. The van der Waals surface area contributed by atoms with Crippen LogP contribution >= 0.6 is 11.6 Å². The van der Waals surface area contributed by atoms with Crippen molar-refractivity contribution in [3.63, 3.8) is 0 Å². The van der Waals surface area contributed by atoms with Gasteiger partial charge in [0.2, 0.25) is 0 Å². The number of likely N-dealkylation sites (tertiary alicyclic amines) is 1. The lowest BCUT2D eigenvalue weighted by atomic mass is 9.90. The van der Waals surface area contributed by atoms with Gasteiger partial charge in [-0.05, 0) is 31.9 Å². The monoisotopic (exact) mass is 342 g/mol. The summed E-state index contributed by atoms with van der Waals surface area (Å²) in [6.07, 6.45) is 1.75. The van der Waals surface area contributed by atoms with Gasteiger partial charge in [0.15, 0.2) is 5.79 Å². The van der Waals surface area contributed by atoms with Crippen molar-refractivity contribution in [1.29, 1.82) is 0 Å². The molecule has 1 unspecified atom stereocenters. The molecule has 0 saturated carbocycles. The van der Waals surface area contributed by atoms with Crippen LogP contribution in [0.15, 0.2) is 12.1 Å². The summed E-state index contributed by atoms with van der Waals surface area (Å²) >= 11 is 5.85. The summed E-state index contributed by atoms with van der Waals surface area (Å²) in [5.41, 5.74) is 5.65. The third kappa shape index (κ3) is 3.16. The van der Waals surface area contributed by atoms with Crippen molar-refractivity contribution >= 4 is 23.2 Å². The largest absolute Gasteiger partial charge is 0.396 e. The van der Waals surface area contributed by atoms with Crippen molar-refractivity contribution < 1.29 is 18.7 Å². The number of ether oxygens (including phenoxy) is 2. The molecule has 1 aromatic rings. The van der Waals surface area contributed by atoms with Crippen molar-refractivity contribution in [2.45, 2.75) is 25.6 Å². The molecular formula is C16H20ClFN2O3. The van der Waals surface area contributed by atoms with E-state index in [0.717, 1.165) is 18.9 Å². The van der Waals surface area contributed by atoms with Crippen LogP contribution in [0, 0.1) is 11.7 Å². The number of benzene rings is 1. The van der Waals surface area contributed by atoms with E-state index in [1.54, 1.807) is 4.90 Å². The molecule has 2 aliphatic heterocycles. The Morgan fingerprint density at radius 1 is 1.43 bits per heavy atom. The maximum absolute atomic E-state index is 13.7. The molecule has 3 rings (SSSR count). The summed E-state index contributed by atoms with van der Waals surface area (Å²) in [5.74, 6) is -1.57. The molecule has 1 amide bonds. The number of piperidine rings is 1. The minimum absolute atomic E-state index is 0.0768. The average Bonchev–Trinajstić information content (AvgIpc) is 2.98. The molecule has 1 atom stereocenters. The predicted molar refractivity (Wildman–Crippen MR) is 84.8 cm³/mol. The van der Waals surface area contributed by atoms with Crippen molar-refractivity contribution in [3.05, 3.63) is 28.5 Å². The number of nitrogens with two attached hydrogens (primary N) is 1. The molecule has 2 aliphatic rings. The Hall–Kier alpha value is -1.37. The van der Waals surface area contributed by atoms with Gasteiger partial charge in [0.25, 0.3) is 5.91 Å². The zero-order valence-electron chi connectivity index (χ0n) is 13.0. The zero-order valence-corrected chi connectivity index (χ0v) is 13.7. The number of rotatable bonds is 2. The van der Waals surface area contributed by atoms with Gasteiger partial charge in [0.1, 0.15) is 5.82 Å². The fraction of sp³-hybridized carbons (Fsp3) is 0.562. The molecule has 0 bridgehead atoms. The SMILES string of the molecule is CC1(C2CCCN(C(=O)c3cc(Cl)cc(F)c3N)C2)OCCO1. The maximum Gasteiger partial charge on any atom is 0.256 e. The van der Waals surface area contributed by atoms with E-state index in [1.807, 2.05) is 6.92 Å². The Labute approximate surface area is 139 Å². The van der Waals surface area contributed by atoms with Crippen LogP contribution in [0.2, 0.25) is 5.02 Å². The van der Waals surface area contributed by atoms with E-state index in [0.29, 0.717) is 26.3 Å². The lowest BCUT2D eigenvalue weighted by molar-refractivity contribution is -0.189. The van der Waals surface area contributed by atoms with Gasteiger partial charge in [-0.15, -0.1) is 0 Å². The number of anilines is 1. The molecule has 23 heavy (non-hydrogen) atoms. The Balaban J connectivity index is 1.80. The van der Waals surface area contributed by atoms with Crippen LogP contribution in [0.4, 0.5) is 10.1 Å². The van der Waals surface area contributed by atoms with Gasteiger partial charge >= 0.3 is 0 Å². The quantitative estimate of drug-likeness (QED) is 0.839. The topological polar surface area (TPSA) is 64.8 Å². The minimum Gasteiger partial charge on any atom is -0.396 e. The van der Waals surface area contributed by atoms with Gasteiger partial charge < -0.3 is 20.1 Å². The number of hydrogen-bond donors (Lipinski definition) is 1. The highest BCUT2D eigenvalue weighted by atomic mass is 35.5. The Morgan fingerprint density at radius 3 is 2.83 bits per heavy atom. The van der Waals surface area contributed by atoms with Crippen LogP contribution in [0.1, 0.15) is 30.1 Å². The first-order valence-corrected chi connectivity index (χ1v) is 8.10. The molecule has 2 saturated heterocycles. The highest BCUT2D eigenvalue weighted by molar-refractivity contribution is 6.31. The summed E-state index contributed by atoms with van der Waals surface area (Å²) in [6, 6.07) is 2.52.